The lowest BCUT2D eigenvalue weighted by molar-refractivity contribution is -0.111. The number of amides is 1. The van der Waals surface area contributed by atoms with Crippen LogP contribution in [0.2, 0.25) is 0 Å². The van der Waals surface area contributed by atoms with E-state index in [-0.39, 0.29) is 17.7 Å². The molecule has 4 aromatic rings. The van der Waals surface area contributed by atoms with Crippen molar-refractivity contribution in [3.63, 3.8) is 0 Å². The number of nitrogens with zero attached hydrogens (tertiary/aromatic N) is 3. The van der Waals surface area contributed by atoms with E-state index < -0.39 is 0 Å². The van der Waals surface area contributed by atoms with Crippen molar-refractivity contribution in [2.45, 2.75) is 0 Å². The fraction of sp³-hybridized carbons (Fsp3) is 0.0952. The summed E-state index contributed by atoms with van der Waals surface area (Å²) in [6.45, 7) is 1.03. The molecule has 0 saturated carbocycles. The second-order valence-corrected chi connectivity index (χ2v) is 7.32. The number of hydrogen-bond donors (Lipinski definition) is 1. The number of carbonyl (C=O) groups is 1. The molecule has 0 unspecified atom stereocenters. The molecular weight excluding hydrogens is 407 g/mol. The molecule has 1 aliphatic rings. The molecule has 0 aliphatic carbocycles. The first-order valence-corrected chi connectivity index (χ1v) is 10.0. The number of anilines is 1. The SMILES string of the molecule is O=C(/C=C\c1ccc2c(c1)OCCO2)Nc1nc2scc(-c3ccc(F)cc3)n2n1. The van der Waals surface area contributed by atoms with Crippen LogP contribution in [-0.4, -0.2) is 33.7 Å². The van der Waals surface area contributed by atoms with Gasteiger partial charge in [0, 0.05) is 17.0 Å². The lowest BCUT2D eigenvalue weighted by atomic mass is 10.2. The van der Waals surface area contributed by atoms with Crippen LogP contribution in [-0.2, 0) is 4.79 Å². The molecule has 0 radical (unpaired) electrons. The number of carbonyl (C=O) groups excluding carboxylic acids is 1. The van der Waals surface area contributed by atoms with E-state index in [0.29, 0.717) is 29.7 Å². The van der Waals surface area contributed by atoms with Crippen molar-refractivity contribution in [1.82, 2.24) is 14.6 Å². The van der Waals surface area contributed by atoms with Gasteiger partial charge in [0.2, 0.25) is 4.96 Å². The van der Waals surface area contributed by atoms with E-state index in [1.807, 2.05) is 23.6 Å². The Morgan fingerprint density at radius 2 is 1.93 bits per heavy atom. The Labute approximate surface area is 174 Å². The normalized spacial score (nSPS) is 13.1. The standard InChI is InChI=1S/C21H15FN4O3S/c22-15-5-3-14(4-6-15)16-12-30-21-24-20(25-26(16)21)23-19(27)8-2-13-1-7-17-18(11-13)29-10-9-28-17/h1-8,11-12H,9-10H2,(H,23,25,27)/b8-2-. The number of nitrogens with one attached hydrogen (secondary N) is 1. The van der Waals surface area contributed by atoms with Gasteiger partial charge < -0.3 is 9.47 Å². The third-order valence-corrected chi connectivity index (χ3v) is 5.27. The number of ether oxygens (including phenoxy) is 2. The summed E-state index contributed by atoms with van der Waals surface area (Å²) in [7, 11) is 0. The predicted molar refractivity (Wildman–Crippen MR) is 111 cm³/mol. The van der Waals surface area contributed by atoms with Gasteiger partial charge in [0.25, 0.3) is 11.9 Å². The molecule has 2 aromatic carbocycles. The van der Waals surface area contributed by atoms with Crippen molar-refractivity contribution >= 4 is 34.2 Å². The van der Waals surface area contributed by atoms with Gasteiger partial charge >= 0.3 is 0 Å². The molecule has 0 saturated heterocycles. The van der Waals surface area contributed by atoms with Crippen molar-refractivity contribution in [3.05, 3.63) is 65.3 Å². The number of aromatic nitrogens is 3. The van der Waals surface area contributed by atoms with E-state index in [0.717, 1.165) is 16.8 Å². The minimum Gasteiger partial charge on any atom is -0.486 e. The van der Waals surface area contributed by atoms with Crippen LogP contribution in [0.25, 0.3) is 22.3 Å². The molecule has 30 heavy (non-hydrogen) atoms. The third kappa shape index (κ3) is 3.62. The highest BCUT2D eigenvalue weighted by molar-refractivity contribution is 7.15. The van der Waals surface area contributed by atoms with Crippen LogP contribution in [0, 0.1) is 5.82 Å². The first kappa shape index (κ1) is 18.3. The molecule has 5 rings (SSSR count). The molecule has 150 valence electrons. The van der Waals surface area contributed by atoms with Crippen LogP contribution in [0.5, 0.6) is 11.5 Å². The highest BCUT2D eigenvalue weighted by Crippen LogP contribution is 2.31. The summed E-state index contributed by atoms with van der Waals surface area (Å²) in [6.07, 6.45) is 3.08. The van der Waals surface area contributed by atoms with Gasteiger partial charge in [-0.15, -0.1) is 16.4 Å². The largest absolute Gasteiger partial charge is 0.486 e. The zero-order valence-corrected chi connectivity index (χ0v) is 16.4. The summed E-state index contributed by atoms with van der Waals surface area (Å²) in [5.74, 6) is 0.894. The van der Waals surface area contributed by atoms with E-state index in [1.54, 1.807) is 22.7 Å². The van der Waals surface area contributed by atoms with Crippen molar-refractivity contribution in [3.8, 4) is 22.8 Å². The quantitative estimate of drug-likeness (QED) is 0.503. The van der Waals surface area contributed by atoms with Gasteiger partial charge in [-0.25, -0.2) is 8.91 Å². The van der Waals surface area contributed by atoms with Crippen molar-refractivity contribution in [2.24, 2.45) is 0 Å². The predicted octanol–water partition coefficient (Wildman–Crippen LogP) is 4.02. The van der Waals surface area contributed by atoms with Crippen LogP contribution < -0.4 is 14.8 Å². The molecule has 1 N–H and O–H groups in total. The van der Waals surface area contributed by atoms with Crippen LogP contribution in [0.15, 0.2) is 53.9 Å². The van der Waals surface area contributed by atoms with Gasteiger partial charge in [0.1, 0.15) is 19.0 Å². The van der Waals surface area contributed by atoms with Crippen LogP contribution in [0.4, 0.5) is 10.3 Å². The Hall–Kier alpha value is -3.72. The molecule has 0 spiro atoms. The zero-order valence-electron chi connectivity index (χ0n) is 15.5. The first-order valence-electron chi connectivity index (χ1n) is 9.15. The van der Waals surface area contributed by atoms with Crippen LogP contribution in [0.1, 0.15) is 5.56 Å². The Balaban J connectivity index is 1.31. The van der Waals surface area contributed by atoms with Gasteiger partial charge in [-0.2, -0.15) is 4.98 Å². The molecule has 0 atom stereocenters. The molecule has 0 bridgehead atoms. The Morgan fingerprint density at radius 1 is 1.13 bits per heavy atom. The maximum atomic E-state index is 13.2. The number of benzene rings is 2. The van der Waals surface area contributed by atoms with E-state index in [1.165, 1.54) is 29.5 Å². The van der Waals surface area contributed by atoms with Gasteiger partial charge in [-0.3, -0.25) is 10.1 Å². The average Bonchev–Trinajstić information content (AvgIpc) is 3.33. The van der Waals surface area contributed by atoms with Gasteiger partial charge in [0.05, 0.1) is 5.69 Å². The van der Waals surface area contributed by atoms with Gasteiger partial charge in [0.15, 0.2) is 11.5 Å². The summed E-state index contributed by atoms with van der Waals surface area (Å²) >= 11 is 1.38. The summed E-state index contributed by atoms with van der Waals surface area (Å²) in [6, 6.07) is 11.6. The molecule has 1 amide bonds. The summed E-state index contributed by atoms with van der Waals surface area (Å²) < 4.78 is 25.8. The Morgan fingerprint density at radius 3 is 2.77 bits per heavy atom. The first-order chi connectivity index (χ1) is 14.7. The van der Waals surface area contributed by atoms with E-state index in [4.69, 9.17) is 9.47 Å². The summed E-state index contributed by atoms with van der Waals surface area (Å²) in [4.78, 5) is 17.2. The van der Waals surface area contributed by atoms with E-state index in [9.17, 15) is 9.18 Å². The number of fused-ring (bicyclic) bond motifs is 2. The highest BCUT2D eigenvalue weighted by atomic mass is 32.1. The fourth-order valence-electron chi connectivity index (χ4n) is 3.04. The smallest absolute Gasteiger partial charge is 0.250 e. The third-order valence-electron chi connectivity index (χ3n) is 4.45. The van der Waals surface area contributed by atoms with E-state index >= 15 is 0 Å². The second-order valence-electron chi connectivity index (χ2n) is 6.48. The minimum atomic E-state index is -0.355. The lowest BCUT2D eigenvalue weighted by Gasteiger charge is -2.18. The van der Waals surface area contributed by atoms with Crippen molar-refractivity contribution < 1.29 is 18.7 Å². The number of rotatable bonds is 4. The Bertz CT molecular complexity index is 1260. The second kappa shape index (κ2) is 7.60. The molecule has 2 aromatic heterocycles. The number of hydrogen-bond acceptors (Lipinski definition) is 6. The maximum absolute atomic E-state index is 13.2. The van der Waals surface area contributed by atoms with Crippen molar-refractivity contribution in [1.29, 1.82) is 0 Å². The van der Waals surface area contributed by atoms with E-state index in [2.05, 4.69) is 15.4 Å². The van der Waals surface area contributed by atoms with Gasteiger partial charge in [-0.1, -0.05) is 6.07 Å². The average molecular weight is 422 g/mol. The molecular formula is C21H15FN4O3S. The molecule has 1 aliphatic heterocycles. The molecule has 3 heterocycles. The lowest BCUT2D eigenvalue weighted by Crippen LogP contribution is -2.15. The monoisotopic (exact) mass is 422 g/mol. The minimum absolute atomic E-state index is 0.196. The Kier molecular flexibility index (Phi) is 4.64. The number of thiazole rings is 1. The highest BCUT2D eigenvalue weighted by Gasteiger charge is 2.13. The van der Waals surface area contributed by atoms with Crippen LogP contribution >= 0.6 is 11.3 Å². The number of halogens is 1. The topological polar surface area (TPSA) is 77.8 Å². The zero-order chi connectivity index (χ0) is 20.5. The molecule has 0 fully saturated rings. The summed E-state index contributed by atoms with van der Waals surface area (Å²) in [5.41, 5.74) is 2.39. The molecule has 9 heteroatoms. The maximum Gasteiger partial charge on any atom is 0.250 e. The van der Waals surface area contributed by atoms with Gasteiger partial charge in [-0.05, 0) is 48.0 Å². The summed E-state index contributed by atoms with van der Waals surface area (Å²) in [5, 5.41) is 8.89. The van der Waals surface area contributed by atoms with Crippen LogP contribution in [0.3, 0.4) is 0 Å². The fourth-order valence-corrected chi connectivity index (χ4v) is 3.87. The molecule has 7 nitrogen and oxygen atoms in total. The van der Waals surface area contributed by atoms with Crippen molar-refractivity contribution in [2.75, 3.05) is 18.5 Å².